The van der Waals surface area contributed by atoms with Crippen LogP contribution < -0.4 is 5.73 Å². The van der Waals surface area contributed by atoms with Crippen molar-refractivity contribution in [1.82, 2.24) is 4.90 Å². The van der Waals surface area contributed by atoms with Crippen molar-refractivity contribution in [2.24, 2.45) is 5.73 Å². The SMILES string of the molecule is CC1CN(C(CC(=N)N)c2ccccc2)CC(CO)O1. The third-order valence-corrected chi connectivity index (χ3v) is 3.60. The van der Waals surface area contributed by atoms with Gasteiger partial charge in [-0.2, -0.15) is 0 Å². The first-order chi connectivity index (χ1) is 9.60. The molecule has 3 unspecified atom stereocenters. The highest BCUT2D eigenvalue weighted by Gasteiger charge is 2.30. The van der Waals surface area contributed by atoms with Crippen LogP contribution in [0.4, 0.5) is 0 Å². The fourth-order valence-corrected chi connectivity index (χ4v) is 2.78. The number of nitrogens with zero attached hydrogens (tertiary/aromatic N) is 1. The van der Waals surface area contributed by atoms with Crippen LogP contribution in [0.2, 0.25) is 0 Å². The van der Waals surface area contributed by atoms with E-state index in [1.165, 1.54) is 0 Å². The third kappa shape index (κ3) is 3.79. The zero-order chi connectivity index (χ0) is 14.5. The predicted octanol–water partition coefficient (Wildman–Crippen LogP) is 1.14. The van der Waals surface area contributed by atoms with Gasteiger partial charge >= 0.3 is 0 Å². The molecule has 1 heterocycles. The van der Waals surface area contributed by atoms with Crippen molar-refractivity contribution < 1.29 is 9.84 Å². The first kappa shape index (κ1) is 15.0. The fraction of sp³-hybridized carbons (Fsp3) is 0.533. The Balaban J connectivity index is 2.19. The summed E-state index contributed by atoms with van der Waals surface area (Å²) in [6, 6.07) is 10.1. The highest BCUT2D eigenvalue weighted by Crippen LogP contribution is 2.27. The second-order valence-electron chi connectivity index (χ2n) is 5.36. The van der Waals surface area contributed by atoms with E-state index in [4.69, 9.17) is 15.9 Å². The van der Waals surface area contributed by atoms with E-state index in [1.54, 1.807) is 0 Å². The number of nitrogens with two attached hydrogens (primary N) is 1. The van der Waals surface area contributed by atoms with Crippen molar-refractivity contribution in [1.29, 1.82) is 5.41 Å². The summed E-state index contributed by atoms with van der Waals surface area (Å²) in [5, 5.41) is 17.0. The maximum atomic E-state index is 9.34. The molecule has 3 atom stereocenters. The van der Waals surface area contributed by atoms with Crippen LogP contribution >= 0.6 is 0 Å². The summed E-state index contributed by atoms with van der Waals surface area (Å²) in [6.45, 7) is 3.46. The number of hydrogen-bond donors (Lipinski definition) is 3. The molecule has 1 aromatic rings. The van der Waals surface area contributed by atoms with Gasteiger partial charge in [0, 0.05) is 25.6 Å². The van der Waals surface area contributed by atoms with Crippen LogP contribution in [0.1, 0.15) is 24.9 Å². The predicted molar refractivity (Wildman–Crippen MR) is 78.7 cm³/mol. The van der Waals surface area contributed by atoms with Gasteiger partial charge < -0.3 is 15.6 Å². The third-order valence-electron chi connectivity index (χ3n) is 3.60. The second-order valence-corrected chi connectivity index (χ2v) is 5.36. The van der Waals surface area contributed by atoms with Crippen LogP contribution in [0.15, 0.2) is 30.3 Å². The summed E-state index contributed by atoms with van der Waals surface area (Å²) in [5.74, 6) is 0.179. The van der Waals surface area contributed by atoms with Crippen molar-refractivity contribution >= 4 is 5.84 Å². The van der Waals surface area contributed by atoms with Crippen LogP contribution in [-0.4, -0.2) is 47.7 Å². The van der Waals surface area contributed by atoms with Crippen molar-refractivity contribution in [2.75, 3.05) is 19.7 Å². The number of amidine groups is 1. The number of aliphatic hydroxyl groups excluding tert-OH is 1. The normalized spacial score (nSPS) is 25.3. The van der Waals surface area contributed by atoms with Crippen molar-refractivity contribution in [3.05, 3.63) is 35.9 Å². The largest absolute Gasteiger partial charge is 0.394 e. The van der Waals surface area contributed by atoms with E-state index in [0.29, 0.717) is 13.0 Å². The van der Waals surface area contributed by atoms with Crippen molar-refractivity contribution in [3.8, 4) is 0 Å². The molecule has 0 aromatic heterocycles. The first-order valence-corrected chi connectivity index (χ1v) is 6.98. The minimum atomic E-state index is -0.170. The van der Waals surface area contributed by atoms with E-state index in [0.717, 1.165) is 12.1 Å². The Kier molecular flexibility index (Phi) is 5.11. The van der Waals surface area contributed by atoms with Gasteiger partial charge in [-0.05, 0) is 12.5 Å². The molecule has 4 N–H and O–H groups in total. The average Bonchev–Trinajstić information content (AvgIpc) is 2.44. The zero-order valence-electron chi connectivity index (χ0n) is 11.8. The topological polar surface area (TPSA) is 82.6 Å². The fourth-order valence-electron chi connectivity index (χ4n) is 2.78. The van der Waals surface area contributed by atoms with Gasteiger partial charge in [0.15, 0.2) is 0 Å². The quantitative estimate of drug-likeness (QED) is 0.556. The molecule has 2 rings (SSSR count). The molecule has 0 aliphatic carbocycles. The molecule has 20 heavy (non-hydrogen) atoms. The molecular weight excluding hydrogens is 254 g/mol. The molecule has 1 aromatic carbocycles. The molecule has 1 aliphatic rings. The lowest BCUT2D eigenvalue weighted by atomic mass is 9.99. The van der Waals surface area contributed by atoms with Gasteiger partial charge in [0.05, 0.1) is 24.7 Å². The van der Waals surface area contributed by atoms with Gasteiger partial charge in [0.25, 0.3) is 0 Å². The van der Waals surface area contributed by atoms with E-state index < -0.39 is 0 Å². The number of benzene rings is 1. The molecule has 1 saturated heterocycles. The summed E-state index contributed by atoms with van der Waals surface area (Å²) in [7, 11) is 0. The molecule has 0 saturated carbocycles. The Labute approximate surface area is 119 Å². The van der Waals surface area contributed by atoms with Gasteiger partial charge in [0.2, 0.25) is 0 Å². The smallest absolute Gasteiger partial charge is 0.0936 e. The summed E-state index contributed by atoms with van der Waals surface area (Å²) in [5.41, 5.74) is 6.76. The highest BCUT2D eigenvalue weighted by molar-refractivity contribution is 5.77. The number of aliphatic hydroxyl groups is 1. The molecule has 0 radical (unpaired) electrons. The van der Waals surface area contributed by atoms with Crippen LogP contribution in [-0.2, 0) is 4.74 Å². The van der Waals surface area contributed by atoms with E-state index in [9.17, 15) is 5.11 Å². The van der Waals surface area contributed by atoms with Gasteiger partial charge in [0.1, 0.15) is 0 Å². The Bertz CT molecular complexity index is 438. The van der Waals surface area contributed by atoms with Gasteiger partial charge in [-0.3, -0.25) is 10.3 Å². The minimum absolute atomic E-state index is 0.0163. The van der Waals surface area contributed by atoms with E-state index >= 15 is 0 Å². The molecule has 110 valence electrons. The average molecular weight is 277 g/mol. The van der Waals surface area contributed by atoms with E-state index in [2.05, 4.69) is 17.0 Å². The standard InChI is InChI=1S/C15H23N3O2/c1-11-8-18(9-13(10-19)20-11)14(7-15(16)17)12-5-3-2-4-6-12/h2-6,11,13-14,19H,7-10H2,1H3,(H3,16,17). The van der Waals surface area contributed by atoms with Crippen LogP contribution in [0.5, 0.6) is 0 Å². The number of morpholine rings is 1. The van der Waals surface area contributed by atoms with E-state index in [1.807, 2.05) is 25.1 Å². The Morgan fingerprint density at radius 1 is 1.45 bits per heavy atom. The van der Waals surface area contributed by atoms with Crippen LogP contribution in [0.3, 0.4) is 0 Å². The summed E-state index contributed by atoms with van der Waals surface area (Å²) in [4.78, 5) is 2.26. The maximum absolute atomic E-state index is 9.34. The first-order valence-electron chi connectivity index (χ1n) is 6.98. The van der Waals surface area contributed by atoms with E-state index in [-0.39, 0.29) is 30.7 Å². The second kappa shape index (κ2) is 6.83. The lowest BCUT2D eigenvalue weighted by molar-refractivity contribution is -0.105. The van der Waals surface area contributed by atoms with Gasteiger partial charge in [-0.25, -0.2) is 0 Å². The summed E-state index contributed by atoms with van der Waals surface area (Å²) >= 11 is 0. The molecule has 5 nitrogen and oxygen atoms in total. The number of ether oxygens (including phenoxy) is 1. The summed E-state index contributed by atoms with van der Waals surface area (Å²) in [6.07, 6.45) is 0.394. The minimum Gasteiger partial charge on any atom is -0.394 e. The molecule has 0 spiro atoms. The van der Waals surface area contributed by atoms with Gasteiger partial charge in [-0.1, -0.05) is 30.3 Å². The Hall–Kier alpha value is -1.43. The molecule has 1 fully saturated rings. The van der Waals surface area contributed by atoms with Gasteiger partial charge in [-0.15, -0.1) is 0 Å². The van der Waals surface area contributed by atoms with Crippen molar-refractivity contribution in [2.45, 2.75) is 31.6 Å². The highest BCUT2D eigenvalue weighted by atomic mass is 16.5. The maximum Gasteiger partial charge on any atom is 0.0936 e. The number of hydrogen-bond acceptors (Lipinski definition) is 4. The monoisotopic (exact) mass is 277 g/mol. The number of rotatable bonds is 5. The molecular formula is C15H23N3O2. The molecule has 0 amide bonds. The lowest BCUT2D eigenvalue weighted by Crippen LogP contribution is -2.49. The summed E-state index contributed by atoms with van der Waals surface area (Å²) < 4.78 is 5.68. The van der Waals surface area contributed by atoms with Crippen LogP contribution in [0, 0.1) is 5.41 Å². The lowest BCUT2D eigenvalue weighted by Gasteiger charge is -2.40. The molecule has 0 bridgehead atoms. The van der Waals surface area contributed by atoms with Crippen LogP contribution in [0.25, 0.3) is 0 Å². The zero-order valence-corrected chi connectivity index (χ0v) is 11.8. The number of nitrogens with one attached hydrogen (secondary N) is 1. The molecule has 1 aliphatic heterocycles. The Morgan fingerprint density at radius 2 is 2.15 bits per heavy atom. The van der Waals surface area contributed by atoms with Crippen molar-refractivity contribution in [3.63, 3.8) is 0 Å². The Morgan fingerprint density at radius 3 is 2.75 bits per heavy atom. The molecule has 5 heteroatoms.